The Morgan fingerprint density at radius 2 is 2.00 bits per heavy atom. The Bertz CT molecular complexity index is 411. The molecule has 2 aliphatic heterocycles. The average molecular weight is 267 g/mol. The van der Waals surface area contributed by atoms with Crippen LogP contribution in [0.3, 0.4) is 0 Å². The van der Waals surface area contributed by atoms with E-state index in [1.54, 1.807) is 13.8 Å². The van der Waals surface area contributed by atoms with Crippen LogP contribution in [0.2, 0.25) is 0 Å². The second-order valence-corrected chi connectivity index (χ2v) is 5.94. The second-order valence-electron chi connectivity index (χ2n) is 5.94. The summed E-state index contributed by atoms with van der Waals surface area (Å²) >= 11 is 0. The van der Waals surface area contributed by atoms with Gasteiger partial charge >= 0.3 is 0 Å². The van der Waals surface area contributed by atoms with E-state index < -0.39 is 17.4 Å². The molecule has 3 amide bonds. The van der Waals surface area contributed by atoms with Gasteiger partial charge in [0.1, 0.15) is 12.1 Å². The standard InChI is InChI=1S/C13H21N3O3/c1-8-4-5-9(6-14-8)11(18)16-7-10(17)15-12(19)13(16,2)3/h8-9,14H,4-7H2,1-3H3,(H,15,17,19). The number of nitrogens with zero attached hydrogens (tertiary/aromatic N) is 1. The van der Waals surface area contributed by atoms with Gasteiger partial charge in [-0.3, -0.25) is 19.7 Å². The van der Waals surface area contributed by atoms with Crippen LogP contribution in [0.25, 0.3) is 0 Å². The zero-order chi connectivity index (χ0) is 14.2. The van der Waals surface area contributed by atoms with Gasteiger partial charge in [-0.1, -0.05) is 0 Å². The minimum absolute atomic E-state index is 0.0381. The molecule has 6 nitrogen and oxygen atoms in total. The first-order valence-electron chi connectivity index (χ1n) is 6.71. The van der Waals surface area contributed by atoms with Crippen LogP contribution in [0.4, 0.5) is 0 Å². The molecule has 0 aromatic heterocycles. The van der Waals surface area contributed by atoms with E-state index in [1.807, 2.05) is 0 Å². The van der Waals surface area contributed by atoms with Crippen molar-refractivity contribution in [3.63, 3.8) is 0 Å². The molecule has 0 spiro atoms. The summed E-state index contributed by atoms with van der Waals surface area (Å²) in [7, 11) is 0. The van der Waals surface area contributed by atoms with Crippen LogP contribution in [0.1, 0.15) is 33.6 Å². The highest BCUT2D eigenvalue weighted by molar-refractivity contribution is 6.06. The summed E-state index contributed by atoms with van der Waals surface area (Å²) in [6.45, 7) is 6.01. The van der Waals surface area contributed by atoms with Crippen molar-refractivity contribution in [1.29, 1.82) is 0 Å². The van der Waals surface area contributed by atoms with E-state index >= 15 is 0 Å². The number of piperazine rings is 1. The third-order valence-electron chi connectivity index (χ3n) is 4.06. The summed E-state index contributed by atoms with van der Waals surface area (Å²) in [6.07, 6.45) is 1.74. The SMILES string of the molecule is CC1CCC(C(=O)N2CC(=O)NC(=O)C2(C)C)CN1. The normalized spacial score (nSPS) is 31.0. The lowest BCUT2D eigenvalue weighted by molar-refractivity contribution is -0.158. The first kappa shape index (κ1) is 14.0. The van der Waals surface area contributed by atoms with Gasteiger partial charge in [-0.2, -0.15) is 0 Å². The molecule has 6 heteroatoms. The Balaban J connectivity index is 2.12. The number of imide groups is 1. The largest absolute Gasteiger partial charge is 0.319 e. The van der Waals surface area contributed by atoms with Crippen LogP contribution in [-0.2, 0) is 14.4 Å². The molecule has 0 aromatic rings. The fourth-order valence-corrected chi connectivity index (χ4v) is 2.57. The highest BCUT2D eigenvalue weighted by Crippen LogP contribution is 2.24. The van der Waals surface area contributed by atoms with Gasteiger partial charge in [0.25, 0.3) is 5.91 Å². The summed E-state index contributed by atoms with van der Waals surface area (Å²) in [4.78, 5) is 37.2. The van der Waals surface area contributed by atoms with Gasteiger partial charge in [0.2, 0.25) is 11.8 Å². The Labute approximate surface area is 112 Å². The van der Waals surface area contributed by atoms with Gasteiger partial charge in [-0.25, -0.2) is 0 Å². The predicted octanol–water partition coefficient (Wildman–Crippen LogP) is -0.362. The molecule has 2 rings (SSSR count). The van der Waals surface area contributed by atoms with Crippen LogP contribution in [0.5, 0.6) is 0 Å². The van der Waals surface area contributed by atoms with Crippen LogP contribution in [-0.4, -0.2) is 47.3 Å². The highest BCUT2D eigenvalue weighted by atomic mass is 16.2. The van der Waals surface area contributed by atoms with Crippen LogP contribution in [0, 0.1) is 5.92 Å². The van der Waals surface area contributed by atoms with Gasteiger partial charge in [-0.15, -0.1) is 0 Å². The molecule has 2 N–H and O–H groups in total. The van der Waals surface area contributed by atoms with E-state index in [4.69, 9.17) is 0 Å². The fraction of sp³-hybridized carbons (Fsp3) is 0.769. The van der Waals surface area contributed by atoms with E-state index in [0.29, 0.717) is 12.6 Å². The molecule has 0 saturated carbocycles. The zero-order valence-electron chi connectivity index (χ0n) is 11.7. The Morgan fingerprint density at radius 1 is 1.32 bits per heavy atom. The van der Waals surface area contributed by atoms with Gasteiger partial charge in [0, 0.05) is 12.6 Å². The minimum atomic E-state index is -0.964. The van der Waals surface area contributed by atoms with Gasteiger partial charge in [-0.05, 0) is 33.6 Å². The molecule has 106 valence electrons. The summed E-state index contributed by atoms with van der Waals surface area (Å²) in [5, 5.41) is 5.55. The fourth-order valence-electron chi connectivity index (χ4n) is 2.57. The number of carbonyl (C=O) groups is 3. The number of nitrogens with one attached hydrogen (secondary N) is 2. The number of hydrogen-bond acceptors (Lipinski definition) is 4. The molecule has 19 heavy (non-hydrogen) atoms. The first-order chi connectivity index (χ1) is 8.82. The second kappa shape index (κ2) is 4.92. The summed E-state index contributed by atoms with van der Waals surface area (Å²) in [5.74, 6) is -1.06. The Kier molecular flexibility index (Phi) is 3.62. The molecule has 2 saturated heterocycles. The van der Waals surface area contributed by atoms with Crippen molar-refractivity contribution < 1.29 is 14.4 Å². The molecular formula is C13H21N3O3. The zero-order valence-corrected chi connectivity index (χ0v) is 11.7. The van der Waals surface area contributed by atoms with Crippen LogP contribution in [0.15, 0.2) is 0 Å². The molecule has 2 fully saturated rings. The summed E-state index contributed by atoms with van der Waals surface area (Å²) < 4.78 is 0. The molecule has 2 unspecified atom stereocenters. The highest BCUT2D eigenvalue weighted by Gasteiger charge is 2.45. The smallest absolute Gasteiger partial charge is 0.252 e. The molecule has 2 heterocycles. The van der Waals surface area contributed by atoms with E-state index in [9.17, 15) is 14.4 Å². The van der Waals surface area contributed by atoms with Crippen molar-refractivity contribution in [2.24, 2.45) is 5.92 Å². The van der Waals surface area contributed by atoms with Gasteiger partial charge in [0.15, 0.2) is 0 Å². The number of amides is 3. The summed E-state index contributed by atoms with van der Waals surface area (Å²) in [5.41, 5.74) is -0.964. The molecule has 0 radical (unpaired) electrons. The van der Waals surface area contributed by atoms with Gasteiger partial charge < -0.3 is 10.2 Å². The monoisotopic (exact) mass is 267 g/mol. The van der Waals surface area contributed by atoms with Crippen molar-refractivity contribution in [1.82, 2.24) is 15.5 Å². The molecule has 0 bridgehead atoms. The molecular weight excluding hydrogens is 246 g/mol. The maximum absolute atomic E-state index is 12.5. The third-order valence-corrected chi connectivity index (χ3v) is 4.06. The maximum atomic E-state index is 12.5. The molecule has 2 aliphatic rings. The van der Waals surface area contributed by atoms with Crippen molar-refractivity contribution in [3.05, 3.63) is 0 Å². The Morgan fingerprint density at radius 3 is 2.58 bits per heavy atom. The lowest BCUT2D eigenvalue weighted by Crippen LogP contribution is -2.66. The average Bonchev–Trinajstić information content (AvgIpc) is 2.34. The van der Waals surface area contributed by atoms with Crippen LogP contribution >= 0.6 is 0 Å². The van der Waals surface area contributed by atoms with Crippen molar-refractivity contribution >= 4 is 17.7 Å². The van der Waals surface area contributed by atoms with E-state index in [2.05, 4.69) is 17.6 Å². The molecule has 0 aromatic carbocycles. The number of hydrogen-bond donors (Lipinski definition) is 2. The van der Waals surface area contributed by atoms with Crippen molar-refractivity contribution in [2.75, 3.05) is 13.1 Å². The number of rotatable bonds is 1. The Hall–Kier alpha value is -1.43. The lowest BCUT2D eigenvalue weighted by Gasteiger charge is -2.42. The first-order valence-corrected chi connectivity index (χ1v) is 6.71. The van der Waals surface area contributed by atoms with E-state index in [0.717, 1.165) is 12.8 Å². The topological polar surface area (TPSA) is 78.5 Å². The third kappa shape index (κ3) is 2.63. The maximum Gasteiger partial charge on any atom is 0.252 e. The molecule has 2 atom stereocenters. The lowest BCUT2D eigenvalue weighted by atomic mass is 9.90. The van der Waals surface area contributed by atoms with Crippen molar-refractivity contribution in [2.45, 2.75) is 45.2 Å². The predicted molar refractivity (Wildman–Crippen MR) is 69.1 cm³/mol. The number of carbonyl (C=O) groups excluding carboxylic acids is 3. The molecule has 0 aliphatic carbocycles. The minimum Gasteiger partial charge on any atom is -0.319 e. The van der Waals surface area contributed by atoms with Gasteiger partial charge in [0.05, 0.1) is 5.92 Å². The number of piperidine rings is 1. The van der Waals surface area contributed by atoms with Crippen molar-refractivity contribution in [3.8, 4) is 0 Å². The van der Waals surface area contributed by atoms with E-state index in [-0.39, 0.29) is 18.4 Å². The van der Waals surface area contributed by atoms with Crippen LogP contribution < -0.4 is 10.6 Å². The summed E-state index contributed by atoms with van der Waals surface area (Å²) in [6, 6.07) is 0.420. The quantitative estimate of drug-likeness (QED) is 0.636. The van der Waals surface area contributed by atoms with E-state index in [1.165, 1.54) is 4.90 Å².